The van der Waals surface area contributed by atoms with Crippen molar-refractivity contribution < 1.29 is 4.39 Å². The number of hydrogen-bond acceptors (Lipinski definition) is 2. The first kappa shape index (κ1) is 11.1. The number of halogens is 2. The largest absolute Gasteiger partial charge is 0.375 e. The summed E-state index contributed by atoms with van der Waals surface area (Å²) in [6.45, 7) is 0. The highest BCUT2D eigenvalue weighted by molar-refractivity contribution is 9.10. The van der Waals surface area contributed by atoms with Crippen molar-refractivity contribution in [3.8, 4) is 0 Å². The molecule has 3 N–H and O–H groups in total. The maximum absolute atomic E-state index is 12.8. The molecular weight excluding hydrogens is 269 g/mol. The van der Waals surface area contributed by atoms with Crippen LogP contribution in [0.25, 0.3) is 0 Å². The fourth-order valence-corrected chi connectivity index (χ4v) is 1.21. The standard InChI is InChI=1S/C8H7BrFN3S/c9-6-3-5(1-2-7(6)10)4-12-13-8(11)14/h1-4H,(H3,11,13,14)/b12-4-. The number of thiocarbonyl (C=S) groups is 1. The molecule has 3 nitrogen and oxygen atoms in total. The van der Waals surface area contributed by atoms with Crippen molar-refractivity contribution in [3.05, 3.63) is 34.1 Å². The molecule has 6 heteroatoms. The van der Waals surface area contributed by atoms with Gasteiger partial charge in [0.15, 0.2) is 5.11 Å². The molecule has 0 amide bonds. The zero-order valence-corrected chi connectivity index (χ0v) is 9.40. The summed E-state index contributed by atoms with van der Waals surface area (Å²) in [6, 6.07) is 4.52. The molecule has 0 spiro atoms. The van der Waals surface area contributed by atoms with Crippen LogP contribution >= 0.6 is 28.1 Å². The Hall–Kier alpha value is -1.01. The van der Waals surface area contributed by atoms with Crippen LogP contribution in [0.2, 0.25) is 0 Å². The first-order chi connectivity index (χ1) is 6.59. The van der Waals surface area contributed by atoms with Gasteiger partial charge >= 0.3 is 0 Å². The van der Waals surface area contributed by atoms with E-state index in [1.807, 2.05) is 0 Å². The number of hydrogen-bond donors (Lipinski definition) is 2. The quantitative estimate of drug-likeness (QED) is 0.491. The second kappa shape index (κ2) is 5.02. The number of rotatable bonds is 2. The van der Waals surface area contributed by atoms with Gasteiger partial charge in [-0.25, -0.2) is 4.39 Å². The SMILES string of the molecule is NC(=S)N/N=C\c1ccc(F)c(Br)c1. The van der Waals surface area contributed by atoms with Gasteiger partial charge < -0.3 is 5.73 Å². The van der Waals surface area contributed by atoms with E-state index in [0.717, 1.165) is 5.56 Å². The number of benzene rings is 1. The summed E-state index contributed by atoms with van der Waals surface area (Å²) >= 11 is 7.60. The highest BCUT2D eigenvalue weighted by atomic mass is 79.9. The predicted molar refractivity (Wildman–Crippen MR) is 61.6 cm³/mol. The topological polar surface area (TPSA) is 50.4 Å². The highest BCUT2D eigenvalue weighted by Gasteiger charge is 1.97. The third kappa shape index (κ3) is 3.39. The van der Waals surface area contributed by atoms with Gasteiger partial charge in [-0.15, -0.1) is 0 Å². The fourth-order valence-electron chi connectivity index (χ4n) is 0.763. The second-order valence-corrected chi connectivity index (χ2v) is 3.70. The lowest BCUT2D eigenvalue weighted by Crippen LogP contribution is -2.23. The Bertz CT molecular complexity index is 381. The fraction of sp³-hybridized carbons (Fsp3) is 0. The molecule has 0 aliphatic heterocycles. The van der Waals surface area contributed by atoms with Crippen molar-refractivity contribution in [1.29, 1.82) is 0 Å². The molecule has 74 valence electrons. The van der Waals surface area contributed by atoms with Gasteiger partial charge in [-0.1, -0.05) is 6.07 Å². The van der Waals surface area contributed by atoms with E-state index in [2.05, 4.69) is 38.7 Å². The minimum Gasteiger partial charge on any atom is -0.375 e. The third-order valence-corrected chi connectivity index (χ3v) is 2.03. The molecule has 0 radical (unpaired) electrons. The van der Waals surface area contributed by atoms with Crippen molar-refractivity contribution in [2.24, 2.45) is 10.8 Å². The third-order valence-electron chi connectivity index (χ3n) is 1.33. The van der Waals surface area contributed by atoms with E-state index < -0.39 is 0 Å². The van der Waals surface area contributed by atoms with E-state index in [1.165, 1.54) is 12.3 Å². The van der Waals surface area contributed by atoms with E-state index in [1.54, 1.807) is 12.1 Å². The van der Waals surface area contributed by atoms with Gasteiger partial charge in [-0.3, -0.25) is 5.43 Å². The number of nitrogens with two attached hydrogens (primary N) is 1. The van der Waals surface area contributed by atoms with Crippen LogP contribution in [-0.2, 0) is 0 Å². The monoisotopic (exact) mass is 275 g/mol. The van der Waals surface area contributed by atoms with Crippen LogP contribution in [0.4, 0.5) is 4.39 Å². The van der Waals surface area contributed by atoms with Crippen molar-refractivity contribution in [1.82, 2.24) is 5.43 Å². The Morgan fingerprint density at radius 1 is 1.64 bits per heavy atom. The Morgan fingerprint density at radius 2 is 2.36 bits per heavy atom. The lowest BCUT2D eigenvalue weighted by Gasteiger charge is -1.97. The zero-order valence-electron chi connectivity index (χ0n) is 7.00. The van der Waals surface area contributed by atoms with Crippen molar-refractivity contribution in [2.45, 2.75) is 0 Å². The van der Waals surface area contributed by atoms with Crippen LogP contribution in [0.1, 0.15) is 5.56 Å². The molecule has 0 aliphatic carbocycles. The molecule has 0 aromatic heterocycles. The molecule has 14 heavy (non-hydrogen) atoms. The maximum Gasteiger partial charge on any atom is 0.184 e. The molecule has 0 saturated carbocycles. The van der Waals surface area contributed by atoms with Crippen LogP contribution in [0.3, 0.4) is 0 Å². The zero-order chi connectivity index (χ0) is 10.6. The van der Waals surface area contributed by atoms with Crippen LogP contribution in [0.5, 0.6) is 0 Å². The Balaban J connectivity index is 2.73. The summed E-state index contributed by atoms with van der Waals surface area (Å²) in [5, 5.41) is 3.81. The van der Waals surface area contributed by atoms with Crippen LogP contribution in [0.15, 0.2) is 27.8 Å². The minimum atomic E-state index is -0.315. The summed E-state index contributed by atoms with van der Waals surface area (Å²) in [5.41, 5.74) is 8.28. The summed E-state index contributed by atoms with van der Waals surface area (Å²) in [5.74, 6) is -0.315. The van der Waals surface area contributed by atoms with Crippen molar-refractivity contribution in [3.63, 3.8) is 0 Å². The van der Waals surface area contributed by atoms with Gasteiger partial charge in [-0.05, 0) is 45.8 Å². The molecule has 0 aliphatic rings. The molecule has 0 unspecified atom stereocenters. The molecule has 0 bridgehead atoms. The van der Waals surface area contributed by atoms with Crippen molar-refractivity contribution >= 4 is 39.5 Å². The van der Waals surface area contributed by atoms with E-state index in [4.69, 9.17) is 5.73 Å². The molecule has 1 aromatic carbocycles. The van der Waals surface area contributed by atoms with E-state index in [9.17, 15) is 4.39 Å². The molecule has 0 atom stereocenters. The summed E-state index contributed by atoms with van der Waals surface area (Å²) in [4.78, 5) is 0. The minimum absolute atomic E-state index is 0.0856. The van der Waals surface area contributed by atoms with Gasteiger partial charge in [-0.2, -0.15) is 5.10 Å². The molecule has 1 aromatic rings. The highest BCUT2D eigenvalue weighted by Crippen LogP contribution is 2.15. The maximum atomic E-state index is 12.8. The summed E-state index contributed by atoms with van der Waals surface area (Å²) in [7, 11) is 0. The van der Waals surface area contributed by atoms with E-state index in [-0.39, 0.29) is 10.9 Å². The summed E-state index contributed by atoms with van der Waals surface area (Å²) in [6.07, 6.45) is 1.49. The average Bonchev–Trinajstić information content (AvgIpc) is 2.10. The predicted octanol–water partition coefficient (Wildman–Crippen LogP) is 1.76. The van der Waals surface area contributed by atoms with E-state index in [0.29, 0.717) is 4.47 Å². The first-order valence-corrected chi connectivity index (χ1v) is 4.83. The first-order valence-electron chi connectivity index (χ1n) is 3.63. The molecule has 0 saturated heterocycles. The summed E-state index contributed by atoms with van der Waals surface area (Å²) < 4.78 is 13.2. The smallest absolute Gasteiger partial charge is 0.184 e. The molecule has 0 fully saturated rings. The Labute approximate surface area is 94.3 Å². The Kier molecular flexibility index (Phi) is 3.97. The van der Waals surface area contributed by atoms with Crippen molar-refractivity contribution in [2.75, 3.05) is 0 Å². The lowest BCUT2D eigenvalue weighted by atomic mass is 10.2. The molecule has 0 heterocycles. The van der Waals surface area contributed by atoms with E-state index >= 15 is 0 Å². The average molecular weight is 276 g/mol. The molecule has 1 rings (SSSR count). The van der Waals surface area contributed by atoms with Gasteiger partial charge in [0.1, 0.15) is 5.82 Å². The van der Waals surface area contributed by atoms with Gasteiger partial charge in [0, 0.05) is 0 Å². The van der Waals surface area contributed by atoms with Gasteiger partial charge in [0.2, 0.25) is 0 Å². The number of hydrazone groups is 1. The van der Waals surface area contributed by atoms with Gasteiger partial charge in [0.25, 0.3) is 0 Å². The van der Waals surface area contributed by atoms with Crippen LogP contribution in [0, 0.1) is 5.82 Å². The van der Waals surface area contributed by atoms with Crippen LogP contribution < -0.4 is 11.2 Å². The van der Waals surface area contributed by atoms with Crippen LogP contribution in [-0.4, -0.2) is 11.3 Å². The van der Waals surface area contributed by atoms with Gasteiger partial charge in [0.05, 0.1) is 10.7 Å². The second-order valence-electron chi connectivity index (χ2n) is 2.41. The number of nitrogens with zero attached hydrogens (tertiary/aromatic N) is 1. The Morgan fingerprint density at radius 3 is 2.93 bits per heavy atom. The number of nitrogens with one attached hydrogen (secondary N) is 1. The normalized spacial score (nSPS) is 10.4. The lowest BCUT2D eigenvalue weighted by molar-refractivity contribution is 0.621. The molecular formula is C8H7BrFN3S.